The van der Waals surface area contributed by atoms with E-state index in [1.807, 2.05) is 6.08 Å². The number of rotatable bonds is 2. The Kier molecular flexibility index (Phi) is 2.26. The van der Waals surface area contributed by atoms with Crippen LogP contribution in [0.15, 0.2) is 11.6 Å². The number of aliphatic hydroxyl groups is 1. The highest BCUT2D eigenvalue weighted by Gasteiger charge is 2.54. The van der Waals surface area contributed by atoms with E-state index < -0.39 is 0 Å². The zero-order chi connectivity index (χ0) is 10.4. The summed E-state index contributed by atoms with van der Waals surface area (Å²) >= 11 is 0. The Morgan fingerprint density at radius 2 is 2.21 bits per heavy atom. The van der Waals surface area contributed by atoms with Gasteiger partial charge in [-0.25, -0.2) is 0 Å². The molecule has 0 heterocycles. The number of aliphatic hydroxyl groups excluding tert-OH is 1. The number of hydrogen-bond donors (Lipinski definition) is 1. The van der Waals surface area contributed by atoms with Crippen molar-refractivity contribution in [1.82, 2.24) is 0 Å². The second-order valence-electron chi connectivity index (χ2n) is 5.96. The highest BCUT2D eigenvalue weighted by Crippen LogP contribution is 2.65. The molecule has 2 atom stereocenters. The van der Waals surface area contributed by atoms with Gasteiger partial charge in [0, 0.05) is 0 Å². The maximum absolute atomic E-state index is 8.97. The average molecular weight is 194 g/mol. The Hall–Kier alpha value is -0.300. The second-order valence-corrected chi connectivity index (χ2v) is 5.96. The van der Waals surface area contributed by atoms with E-state index in [1.165, 1.54) is 31.3 Å². The van der Waals surface area contributed by atoms with Gasteiger partial charge in [-0.2, -0.15) is 0 Å². The Bertz CT molecular complexity index is 264. The Morgan fingerprint density at radius 1 is 1.50 bits per heavy atom. The van der Waals surface area contributed by atoms with Crippen LogP contribution >= 0.6 is 0 Å². The molecule has 2 rings (SSSR count). The lowest BCUT2D eigenvalue weighted by Crippen LogP contribution is -2.25. The van der Waals surface area contributed by atoms with Crippen molar-refractivity contribution in [3.63, 3.8) is 0 Å². The lowest BCUT2D eigenvalue weighted by molar-refractivity contribution is 0.189. The van der Waals surface area contributed by atoms with Gasteiger partial charge in [-0.15, -0.1) is 0 Å². The van der Waals surface area contributed by atoms with Crippen molar-refractivity contribution in [2.45, 2.75) is 46.5 Å². The van der Waals surface area contributed by atoms with Gasteiger partial charge < -0.3 is 5.11 Å². The van der Waals surface area contributed by atoms with Gasteiger partial charge in [0.05, 0.1) is 6.61 Å². The first-order valence-electron chi connectivity index (χ1n) is 5.78. The number of allylic oxidation sites excluding steroid dienone is 1. The van der Waals surface area contributed by atoms with E-state index in [4.69, 9.17) is 5.11 Å². The summed E-state index contributed by atoms with van der Waals surface area (Å²) in [6.07, 6.45) is 7.45. The molecule has 1 heteroatoms. The van der Waals surface area contributed by atoms with E-state index in [9.17, 15) is 0 Å². The summed E-state index contributed by atoms with van der Waals surface area (Å²) in [7, 11) is 0. The summed E-state index contributed by atoms with van der Waals surface area (Å²) < 4.78 is 0. The molecule has 2 unspecified atom stereocenters. The van der Waals surface area contributed by atoms with E-state index in [-0.39, 0.29) is 6.61 Å². The lowest BCUT2D eigenvalue weighted by Gasteiger charge is -2.35. The monoisotopic (exact) mass is 194 g/mol. The first kappa shape index (κ1) is 10.2. The van der Waals surface area contributed by atoms with Crippen molar-refractivity contribution in [2.24, 2.45) is 16.7 Å². The molecule has 0 aromatic carbocycles. The van der Waals surface area contributed by atoms with Crippen LogP contribution in [-0.4, -0.2) is 11.7 Å². The smallest absolute Gasteiger partial charge is 0.0615 e. The summed E-state index contributed by atoms with van der Waals surface area (Å²) in [5.74, 6) is 0.921. The maximum Gasteiger partial charge on any atom is 0.0615 e. The summed E-state index contributed by atoms with van der Waals surface area (Å²) in [6, 6.07) is 0. The van der Waals surface area contributed by atoms with Crippen LogP contribution in [0, 0.1) is 16.7 Å². The van der Waals surface area contributed by atoms with Gasteiger partial charge in [-0.1, -0.05) is 25.5 Å². The van der Waals surface area contributed by atoms with Gasteiger partial charge in [0.25, 0.3) is 0 Å². The quantitative estimate of drug-likeness (QED) is 0.670. The SMILES string of the molecule is C/C(=C/CO)C12CCC(C1)C(C)(C)C2. The molecule has 2 bridgehead atoms. The van der Waals surface area contributed by atoms with Gasteiger partial charge in [0.2, 0.25) is 0 Å². The third-order valence-corrected chi connectivity index (χ3v) is 4.74. The molecule has 14 heavy (non-hydrogen) atoms. The molecule has 0 radical (unpaired) electrons. The molecular weight excluding hydrogens is 172 g/mol. The van der Waals surface area contributed by atoms with Crippen LogP contribution in [0.4, 0.5) is 0 Å². The fraction of sp³-hybridized carbons (Fsp3) is 0.846. The van der Waals surface area contributed by atoms with Gasteiger partial charge in [-0.3, -0.25) is 0 Å². The molecule has 0 spiro atoms. The Morgan fingerprint density at radius 3 is 2.64 bits per heavy atom. The van der Waals surface area contributed by atoms with Crippen molar-refractivity contribution in [2.75, 3.05) is 6.61 Å². The molecule has 1 N–H and O–H groups in total. The molecular formula is C13H22O. The van der Waals surface area contributed by atoms with E-state index in [0.717, 1.165) is 5.92 Å². The number of fused-ring (bicyclic) bond motifs is 2. The standard InChI is InChI=1S/C13H22O/c1-10(5-7-14)13-6-4-11(8-13)12(2,3)9-13/h5,11,14H,4,6-9H2,1-3H3/b10-5-. The summed E-state index contributed by atoms with van der Waals surface area (Å²) in [6.45, 7) is 7.23. The highest BCUT2D eigenvalue weighted by atomic mass is 16.2. The summed E-state index contributed by atoms with van der Waals surface area (Å²) in [5.41, 5.74) is 2.42. The van der Waals surface area contributed by atoms with Crippen LogP contribution in [0.25, 0.3) is 0 Å². The van der Waals surface area contributed by atoms with Crippen molar-refractivity contribution in [3.8, 4) is 0 Å². The van der Waals surface area contributed by atoms with Crippen LogP contribution in [-0.2, 0) is 0 Å². The summed E-state index contributed by atoms with van der Waals surface area (Å²) in [5, 5.41) is 8.97. The van der Waals surface area contributed by atoms with Crippen molar-refractivity contribution >= 4 is 0 Å². The predicted octanol–water partition coefficient (Wildman–Crippen LogP) is 3.14. The molecule has 2 saturated carbocycles. The van der Waals surface area contributed by atoms with E-state index in [0.29, 0.717) is 10.8 Å². The molecule has 80 valence electrons. The van der Waals surface area contributed by atoms with Crippen LogP contribution in [0.1, 0.15) is 46.5 Å². The van der Waals surface area contributed by atoms with Crippen LogP contribution in [0.5, 0.6) is 0 Å². The normalized spacial score (nSPS) is 40.6. The zero-order valence-corrected chi connectivity index (χ0v) is 9.64. The fourth-order valence-corrected chi connectivity index (χ4v) is 3.82. The third-order valence-electron chi connectivity index (χ3n) is 4.74. The zero-order valence-electron chi connectivity index (χ0n) is 9.64. The lowest BCUT2D eigenvalue weighted by atomic mass is 9.69. The summed E-state index contributed by atoms with van der Waals surface area (Å²) in [4.78, 5) is 0. The Balaban J connectivity index is 2.24. The molecule has 1 nitrogen and oxygen atoms in total. The largest absolute Gasteiger partial charge is 0.392 e. The van der Waals surface area contributed by atoms with Gasteiger partial charge in [0.15, 0.2) is 0 Å². The molecule has 2 fully saturated rings. The maximum atomic E-state index is 8.97. The highest BCUT2D eigenvalue weighted by molar-refractivity contribution is 5.21. The first-order valence-corrected chi connectivity index (χ1v) is 5.78. The third kappa shape index (κ3) is 1.33. The first-order chi connectivity index (χ1) is 6.50. The predicted molar refractivity (Wildman–Crippen MR) is 59.0 cm³/mol. The minimum absolute atomic E-state index is 0.207. The van der Waals surface area contributed by atoms with E-state index >= 15 is 0 Å². The van der Waals surface area contributed by atoms with Crippen molar-refractivity contribution in [3.05, 3.63) is 11.6 Å². The van der Waals surface area contributed by atoms with Crippen molar-refractivity contribution in [1.29, 1.82) is 0 Å². The minimum atomic E-state index is 0.207. The minimum Gasteiger partial charge on any atom is -0.392 e. The van der Waals surface area contributed by atoms with Gasteiger partial charge >= 0.3 is 0 Å². The average Bonchev–Trinajstić information content (AvgIpc) is 2.59. The van der Waals surface area contributed by atoms with Gasteiger partial charge in [-0.05, 0) is 49.4 Å². The van der Waals surface area contributed by atoms with Crippen LogP contribution in [0.2, 0.25) is 0 Å². The molecule has 0 amide bonds. The van der Waals surface area contributed by atoms with E-state index in [2.05, 4.69) is 20.8 Å². The fourth-order valence-electron chi connectivity index (χ4n) is 3.82. The number of hydrogen-bond acceptors (Lipinski definition) is 1. The molecule has 0 aliphatic heterocycles. The second kappa shape index (κ2) is 3.10. The topological polar surface area (TPSA) is 20.2 Å². The molecule has 0 aromatic heterocycles. The molecule has 2 aliphatic carbocycles. The molecule has 2 aliphatic rings. The van der Waals surface area contributed by atoms with Crippen LogP contribution in [0.3, 0.4) is 0 Å². The molecule has 0 saturated heterocycles. The van der Waals surface area contributed by atoms with Gasteiger partial charge in [0.1, 0.15) is 0 Å². The molecule has 0 aromatic rings. The Labute approximate surface area is 87.2 Å². The van der Waals surface area contributed by atoms with Crippen LogP contribution < -0.4 is 0 Å². The van der Waals surface area contributed by atoms with E-state index in [1.54, 1.807) is 0 Å². The van der Waals surface area contributed by atoms with Crippen molar-refractivity contribution < 1.29 is 5.11 Å².